The first-order valence-electron chi connectivity index (χ1n) is 7.01. The molecule has 0 aliphatic rings. The van der Waals surface area contributed by atoms with E-state index >= 15 is 0 Å². The number of guanidine groups is 1. The summed E-state index contributed by atoms with van der Waals surface area (Å²) >= 11 is 0. The average Bonchev–Trinajstić information content (AvgIpc) is 2.49. The third kappa shape index (κ3) is 8.54. The van der Waals surface area contributed by atoms with E-state index in [0.29, 0.717) is 25.6 Å². The molecule has 0 bridgehead atoms. The normalized spacial score (nSPS) is 10.5. The van der Waals surface area contributed by atoms with Crippen LogP contribution in [0, 0.1) is 0 Å². The summed E-state index contributed by atoms with van der Waals surface area (Å²) < 4.78 is 5.44. The predicted octanol–water partition coefficient (Wildman–Crippen LogP) is 2.73. The quantitative estimate of drug-likeness (QED) is 0.303. The summed E-state index contributed by atoms with van der Waals surface area (Å²) in [5, 5.41) is 6.33. The van der Waals surface area contributed by atoms with E-state index in [0.717, 1.165) is 24.5 Å². The second-order valence-corrected chi connectivity index (χ2v) is 4.22. The van der Waals surface area contributed by atoms with Gasteiger partial charge < -0.3 is 15.4 Å². The Morgan fingerprint density at radius 1 is 1.38 bits per heavy atom. The highest BCUT2D eigenvalue weighted by atomic mass is 127. The van der Waals surface area contributed by atoms with Crippen LogP contribution in [0.3, 0.4) is 0 Å². The summed E-state index contributed by atoms with van der Waals surface area (Å²) in [6.07, 6.45) is 4.58. The molecule has 0 aliphatic carbocycles. The van der Waals surface area contributed by atoms with Crippen molar-refractivity contribution in [2.24, 2.45) is 4.99 Å². The van der Waals surface area contributed by atoms with Crippen LogP contribution in [0.15, 0.2) is 36.0 Å². The molecule has 2 N–H and O–H groups in total. The molecule has 1 heterocycles. The van der Waals surface area contributed by atoms with E-state index in [1.165, 1.54) is 0 Å². The Morgan fingerprint density at radius 2 is 2.19 bits per heavy atom. The largest absolute Gasteiger partial charge is 0.478 e. The molecule has 0 amide bonds. The zero-order valence-corrected chi connectivity index (χ0v) is 15.1. The van der Waals surface area contributed by atoms with Crippen LogP contribution in [0.1, 0.15) is 25.8 Å². The zero-order chi connectivity index (χ0) is 14.6. The van der Waals surface area contributed by atoms with Crippen molar-refractivity contribution in [3.05, 3.63) is 36.5 Å². The number of pyridine rings is 1. The van der Waals surface area contributed by atoms with Crippen LogP contribution in [0.2, 0.25) is 0 Å². The van der Waals surface area contributed by atoms with Crippen molar-refractivity contribution in [1.29, 1.82) is 0 Å². The predicted molar refractivity (Wildman–Crippen MR) is 98.5 cm³/mol. The summed E-state index contributed by atoms with van der Waals surface area (Å²) in [5.74, 6) is 1.44. The SMILES string of the molecule is C=CCNC(=NCc1ccc(OCCC)nc1)NCC.I. The molecule has 21 heavy (non-hydrogen) atoms. The van der Waals surface area contributed by atoms with Gasteiger partial charge in [0.1, 0.15) is 0 Å². The van der Waals surface area contributed by atoms with Crippen LogP contribution < -0.4 is 15.4 Å². The minimum Gasteiger partial charge on any atom is -0.478 e. The van der Waals surface area contributed by atoms with Gasteiger partial charge in [-0.05, 0) is 18.9 Å². The Labute approximate surface area is 144 Å². The minimum atomic E-state index is 0. The van der Waals surface area contributed by atoms with Crippen molar-refractivity contribution in [1.82, 2.24) is 15.6 Å². The lowest BCUT2D eigenvalue weighted by Crippen LogP contribution is -2.37. The highest BCUT2D eigenvalue weighted by molar-refractivity contribution is 14.0. The number of halogens is 1. The van der Waals surface area contributed by atoms with Gasteiger partial charge in [-0.15, -0.1) is 30.6 Å². The van der Waals surface area contributed by atoms with Gasteiger partial charge in [0.25, 0.3) is 0 Å². The lowest BCUT2D eigenvalue weighted by Gasteiger charge is -2.09. The number of nitrogens with one attached hydrogen (secondary N) is 2. The third-order valence-electron chi connectivity index (χ3n) is 2.43. The molecular weight excluding hydrogens is 379 g/mol. The molecule has 0 atom stereocenters. The first-order valence-corrected chi connectivity index (χ1v) is 7.01. The highest BCUT2D eigenvalue weighted by Gasteiger charge is 1.98. The fourth-order valence-electron chi connectivity index (χ4n) is 1.48. The van der Waals surface area contributed by atoms with Gasteiger partial charge in [-0.3, -0.25) is 0 Å². The Morgan fingerprint density at radius 3 is 2.76 bits per heavy atom. The summed E-state index contributed by atoms with van der Waals surface area (Å²) in [6.45, 7) is 10.6. The molecule has 0 aromatic carbocycles. The zero-order valence-electron chi connectivity index (χ0n) is 12.8. The van der Waals surface area contributed by atoms with Gasteiger partial charge in [0, 0.05) is 25.4 Å². The Balaban J connectivity index is 0.00000400. The summed E-state index contributed by atoms with van der Waals surface area (Å²) in [7, 11) is 0. The second kappa shape index (κ2) is 12.4. The molecule has 6 heteroatoms. The van der Waals surface area contributed by atoms with Crippen molar-refractivity contribution in [2.45, 2.75) is 26.8 Å². The maximum absolute atomic E-state index is 5.44. The van der Waals surface area contributed by atoms with Crippen molar-refractivity contribution in [2.75, 3.05) is 19.7 Å². The van der Waals surface area contributed by atoms with Gasteiger partial charge in [0.2, 0.25) is 5.88 Å². The Kier molecular flexibility index (Phi) is 11.7. The van der Waals surface area contributed by atoms with Gasteiger partial charge in [0.15, 0.2) is 5.96 Å². The molecule has 1 rings (SSSR count). The number of nitrogens with zero attached hydrogens (tertiary/aromatic N) is 2. The van der Waals surface area contributed by atoms with Gasteiger partial charge in [-0.1, -0.05) is 19.1 Å². The molecule has 0 spiro atoms. The van der Waals surface area contributed by atoms with Crippen LogP contribution >= 0.6 is 24.0 Å². The number of aromatic nitrogens is 1. The van der Waals surface area contributed by atoms with Crippen LogP contribution in [-0.4, -0.2) is 30.6 Å². The fraction of sp³-hybridized carbons (Fsp3) is 0.467. The third-order valence-corrected chi connectivity index (χ3v) is 2.43. The first kappa shape index (κ1) is 19.7. The standard InChI is InChI=1S/C15H24N4O.HI/c1-4-9-17-15(16-6-3)19-12-13-7-8-14(18-11-13)20-10-5-2;/h4,7-8,11H,1,5-6,9-10,12H2,2-3H3,(H2,16,17,19);1H. The van der Waals surface area contributed by atoms with Gasteiger partial charge in [0.05, 0.1) is 13.2 Å². The number of rotatable bonds is 8. The van der Waals surface area contributed by atoms with E-state index in [2.05, 4.69) is 34.1 Å². The molecule has 0 fully saturated rings. The lowest BCUT2D eigenvalue weighted by molar-refractivity contribution is 0.305. The maximum atomic E-state index is 5.44. The monoisotopic (exact) mass is 404 g/mol. The average molecular weight is 404 g/mol. The first-order chi connectivity index (χ1) is 9.80. The maximum Gasteiger partial charge on any atom is 0.213 e. The molecule has 0 radical (unpaired) electrons. The summed E-state index contributed by atoms with van der Waals surface area (Å²) in [5.41, 5.74) is 1.05. The number of hydrogen-bond acceptors (Lipinski definition) is 3. The van der Waals surface area contributed by atoms with E-state index in [1.807, 2.05) is 19.1 Å². The molecule has 1 aromatic heterocycles. The Bertz CT molecular complexity index is 420. The van der Waals surface area contributed by atoms with Gasteiger partial charge in [-0.2, -0.15) is 0 Å². The molecule has 0 unspecified atom stereocenters. The van der Waals surface area contributed by atoms with Crippen LogP contribution in [0.5, 0.6) is 5.88 Å². The second-order valence-electron chi connectivity index (χ2n) is 4.22. The van der Waals surface area contributed by atoms with E-state index < -0.39 is 0 Å². The van der Waals surface area contributed by atoms with E-state index in [9.17, 15) is 0 Å². The smallest absolute Gasteiger partial charge is 0.213 e. The van der Waals surface area contributed by atoms with Gasteiger partial charge >= 0.3 is 0 Å². The van der Waals surface area contributed by atoms with E-state index in [1.54, 1.807) is 12.3 Å². The molecule has 0 aliphatic heterocycles. The molecule has 118 valence electrons. The number of aliphatic imine (C=N–C) groups is 1. The van der Waals surface area contributed by atoms with Crippen molar-refractivity contribution < 1.29 is 4.74 Å². The van der Waals surface area contributed by atoms with E-state index in [-0.39, 0.29) is 24.0 Å². The number of ether oxygens (including phenoxy) is 1. The van der Waals surface area contributed by atoms with Crippen molar-refractivity contribution in [3.8, 4) is 5.88 Å². The Hall–Kier alpha value is -1.31. The number of hydrogen-bond donors (Lipinski definition) is 2. The van der Waals surface area contributed by atoms with Crippen LogP contribution in [0.25, 0.3) is 0 Å². The summed E-state index contributed by atoms with van der Waals surface area (Å²) in [4.78, 5) is 8.73. The highest BCUT2D eigenvalue weighted by Crippen LogP contribution is 2.08. The van der Waals surface area contributed by atoms with Crippen LogP contribution in [-0.2, 0) is 6.54 Å². The lowest BCUT2D eigenvalue weighted by atomic mass is 10.3. The van der Waals surface area contributed by atoms with Crippen LogP contribution in [0.4, 0.5) is 0 Å². The van der Waals surface area contributed by atoms with Crippen molar-refractivity contribution in [3.63, 3.8) is 0 Å². The van der Waals surface area contributed by atoms with Crippen molar-refractivity contribution >= 4 is 29.9 Å². The summed E-state index contributed by atoms with van der Waals surface area (Å²) in [6, 6.07) is 3.86. The molecule has 0 saturated carbocycles. The van der Waals surface area contributed by atoms with Gasteiger partial charge in [-0.25, -0.2) is 9.98 Å². The fourth-order valence-corrected chi connectivity index (χ4v) is 1.48. The molecular formula is C15H25IN4O. The molecule has 0 saturated heterocycles. The van der Waals surface area contributed by atoms with E-state index in [4.69, 9.17) is 4.74 Å². The topological polar surface area (TPSA) is 58.5 Å². The molecule has 5 nitrogen and oxygen atoms in total. The molecule has 1 aromatic rings. The minimum absolute atomic E-state index is 0.